The Bertz CT molecular complexity index is 280. The lowest BCUT2D eigenvalue weighted by Crippen LogP contribution is -2.26. The molecule has 0 amide bonds. The van der Waals surface area contributed by atoms with Crippen LogP contribution in [-0.2, 0) is 6.54 Å². The quantitative estimate of drug-likeness (QED) is 0.690. The lowest BCUT2D eigenvalue weighted by Gasteiger charge is -2.08. The van der Waals surface area contributed by atoms with Gasteiger partial charge in [0.1, 0.15) is 0 Å². The van der Waals surface area contributed by atoms with Crippen LogP contribution in [0.4, 0.5) is 0 Å². The molecule has 0 unspecified atom stereocenters. The average molecular weight is 221 g/mol. The van der Waals surface area contributed by atoms with Gasteiger partial charge in [0.05, 0.1) is 0 Å². The van der Waals surface area contributed by atoms with Crippen molar-refractivity contribution in [2.75, 3.05) is 13.1 Å². The van der Waals surface area contributed by atoms with Crippen LogP contribution >= 0.6 is 0 Å². The highest BCUT2D eigenvalue weighted by atomic mass is 14.9. The highest BCUT2D eigenvalue weighted by molar-refractivity contribution is 5.12. The lowest BCUT2D eigenvalue weighted by molar-refractivity contribution is 0.547. The second-order valence-corrected chi connectivity index (χ2v) is 4.45. The first-order valence-corrected chi connectivity index (χ1v) is 6.04. The van der Waals surface area contributed by atoms with Gasteiger partial charge in [-0.3, -0.25) is 4.98 Å². The zero-order valence-corrected chi connectivity index (χ0v) is 10.6. The van der Waals surface area contributed by atoms with Crippen LogP contribution in [0.5, 0.6) is 0 Å². The minimum atomic E-state index is 0.585. The molecule has 0 aliphatic rings. The zero-order chi connectivity index (χ0) is 11.8. The number of hydrogen-bond acceptors (Lipinski definition) is 3. The van der Waals surface area contributed by atoms with Crippen molar-refractivity contribution in [3.63, 3.8) is 0 Å². The fraction of sp³-hybridized carbons (Fsp3) is 0.615. The van der Waals surface area contributed by atoms with Crippen molar-refractivity contribution < 1.29 is 0 Å². The van der Waals surface area contributed by atoms with E-state index in [1.54, 1.807) is 0 Å². The molecular formula is C13H23N3. The topological polar surface area (TPSA) is 37.0 Å². The normalized spacial score (nSPS) is 11.0. The predicted octanol–water partition coefficient (Wildman–Crippen LogP) is 1.87. The highest BCUT2D eigenvalue weighted by Gasteiger charge is 1.94. The van der Waals surface area contributed by atoms with Gasteiger partial charge >= 0.3 is 0 Å². The second kappa shape index (κ2) is 7.36. The second-order valence-electron chi connectivity index (χ2n) is 4.45. The molecule has 3 nitrogen and oxygen atoms in total. The average Bonchev–Trinajstić information content (AvgIpc) is 2.25. The molecule has 0 atom stereocenters. The van der Waals surface area contributed by atoms with E-state index in [2.05, 4.69) is 41.6 Å². The van der Waals surface area contributed by atoms with Crippen LogP contribution in [0.15, 0.2) is 18.3 Å². The van der Waals surface area contributed by atoms with E-state index in [1.165, 1.54) is 5.56 Å². The molecule has 0 fully saturated rings. The predicted molar refractivity (Wildman–Crippen MR) is 68.4 cm³/mol. The fourth-order valence-electron chi connectivity index (χ4n) is 1.44. The molecule has 16 heavy (non-hydrogen) atoms. The molecule has 0 saturated carbocycles. The Morgan fingerprint density at radius 2 is 2.06 bits per heavy atom. The molecule has 0 saturated heterocycles. The molecule has 1 rings (SSSR count). The van der Waals surface area contributed by atoms with Gasteiger partial charge in [0.25, 0.3) is 0 Å². The third kappa shape index (κ3) is 5.83. The minimum Gasteiger partial charge on any atom is -0.314 e. The maximum atomic E-state index is 4.27. The first kappa shape index (κ1) is 13.1. The van der Waals surface area contributed by atoms with E-state index in [9.17, 15) is 0 Å². The number of pyridine rings is 1. The largest absolute Gasteiger partial charge is 0.314 e. The number of nitrogens with zero attached hydrogens (tertiary/aromatic N) is 1. The summed E-state index contributed by atoms with van der Waals surface area (Å²) in [6.45, 7) is 9.39. The van der Waals surface area contributed by atoms with Crippen LogP contribution in [0, 0.1) is 6.92 Å². The monoisotopic (exact) mass is 221 g/mol. The van der Waals surface area contributed by atoms with Gasteiger partial charge in [-0.05, 0) is 38.1 Å². The molecule has 0 aliphatic heterocycles. The third-order valence-corrected chi connectivity index (χ3v) is 2.38. The first-order chi connectivity index (χ1) is 7.68. The maximum Gasteiger partial charge on any atom is 0.0372 e. The molecule has 1 heterocycles. The summed E-state index contributed by atoms with van der Waals surface area (Å²) in [5.41, 5.74) is 2.33. The Morgan fingerprint density at radius 1 is 1.25 bits per heavy atom. The standard InChI is InChI=1S/C13H23N3/c1-11(2)15-8-4-7-14-9-13-6-5-12(3)16-10-13/h5-6,10-11,14-15H,4,7-9H2,1-3H3. The molecule has 0 bridgehead atoms. The molecular weight excluding hydrogens is 198 g/mol. The summed E-state index contributed by atoms with van der Waals surface area (Å²) in [5, 5.41) is 6.81. The Labute approximate surface area is 98.7 Å². The summed E-state index contributed by atoms with van der Waals surface area (Å²) >= 11 is 0. The van der Waals surface area contributed by atoms with Crippen LogP contribution < -0.4 is 10.6 Å². The Hall–Kier alpha value is -0.930. The molecule has 2 N–H and O–H groups in total. The number of rotatable bonds is 7. The van der Waals surface area contributed by atoms with Crippen LogP contribution in [-0.4, -0.2) is 24.1 Å². The Morgan fingerprint density at radius 3 is 2.69 bits per heavy atom. The van der Waals surface area contributed by atoms with Gasteiger partial charge in [-0.25, -0.2) is 0 Å². The summed E-state index contributed by atoms with van der Waals surface area (Å²) < 4.78 is 0. The molecule has 0 aromatic carbocycles. The SMILES string of the molecule is Cc1ccc(CNCCCNC(C)C)cn1. The van der Waals surface area contributed by atoms with Gasteiger partial charge in [0, 0.05) is 24.5 Å². The maximum absolute atomic E-state index is 4.27. The van der Waals surface area contributed by atoms with Crippen LogP contribution in [0.1, 0.15) is 31.5 Å². The Kier molecular flexibility index (Phi) is 6.04. The van der Waals surface area contributed by atoms with Gasteiger partial charge in [-0.2, -0.15) is 0 Å². The zero-order valence-electron chi connectivity index (χ0n) is 10.6. The van der Waals surface area contributed by atoms with E-state index in [0.29, 0.717) is 6.04 Å². The van der Waals surface area contributed by atoms with Crippen molar-refractivity contribution in [2.45, 2.75) is 39.8 Å². The Balaban J connectivity index is 2.05. The van der Waals surface area contributed by atoms with Crippen LogP contribution in [0.25, 0.3) is 0 Å². The van der Waals surface area contributed by atoms with Crippen molar-refractivity contribution in [1.29, 1.82) is 0 Å². The van der Waals surface area contributed by atoms with E-state index in [-0.39, 0.29) is 0 Å². The summed E-state index contributed by atoms with van der Waals surface area (Å²) in [4.78, 5) is 4.27. The smallest absolute Gasteiger partial charge is 0.0372 e. The molecule has 3 heteroatoms. The first-order valence-electron chi connectivity index (χ1n) is 6.04. The van der Waals surface area contributed by atoms with Crippen molar-refractivity contribution >= 4 is 0 Å². The van der Waals surface area contributed by atoms with Crippen molar-refractivity contribution in [2.24, 2.45) is 0 Å². The van der Waals surface area contributed by atoms with Gasteiger partial charge in [0.15, 0.2) is 0 Å². The van der Waals surface area contributed by atoms with Gasteiger partial charge in [-0.15, -0.1) is 0 Å². The summed E-state index contributed by atoms with van der Waals surface area (Å²) in [7, 11) is 0. The highest BCUT2D eigenvalue weighted by Crippen LogP contribution is 1.98. The lowest BCUT2D eigenvalue weighted by atomic mass is 10.2. The van der Waals surface area contributed by atoms with Crippen LogP contribution in [0.3, 0.4) is 0 Å². The van der Waals surface area contributed by atoms with Crippen molar-refractivity contribution in [3.8, 4) is 0 Å². The molecule has 1 aromatic heterocycles. The number of aryl methyl sites for hydroxylation is 1. The van der Waals surface area contributed by atoms with Gasteiger partial charge < -0.3 is 10.6 Å². The van der Waals surface area contributed by atoms with E-state index in [1.807, 2.05) is 13.1 Å². The van der Waals surface area contributed by atoms with Gasteiger partial charge in [0.2, 0.25) is 0 Å². The van der Waals surface area contributed by atoms with E-state index in [4.69, 9.17) is 0 Å². The van der Waals surface area contributed by atoms with E-state index < -0.39 is 0 Å². The summed E-state index contributed by atoms with van der Waals surface area (Å²) in [6, 6.07) is 4.76. The minimum absolute atomic E-state index is 0.585. The van der Waals surface area contributed by atoms with E-state index in [0.717, 1.165) is 31.7 Å². The fourth-order valence-corrected chi connectivity index (χ4v) is 1.44. The number of aromatic nitrogens is 1. The molecule has 0 aliphatic carbocycles. The molecule has 0 spiro atoms. The van der Waals surface area contributed by atoms with Gasteiger partial charge in [-0.1, -0.05) is 19.9 Å². The molecule has 0 radical (unpaired) electrons. The number of hydrogen-bond donors (Lipinski definition) is 2. The number of nitrogens with one attached hydrogen (secondary N) is 2. The van der Waals surface area contributed by atoms with Crippen molar-refractivity contribution in [3.05, 3.63) is 29.6 Å². The van der Waals surface area contributed by atoms with E-state index >= 15 is 0 Å². The van der Waals surface area contributed by atoms with Crippen molar-refractivity contribution in [1.82, 2.24) is 15.6 Å². The summed E-state index contributed by atoms with van der Waals surface area (Å²) in [6.07, 6.45) is 3.10. The summed E-state index contributed by atoms with van der Waals surface area (Å²) in [5.74, 6) is 0. The third-order valence-electron chi connectivity index (χ3n) is 2.38. The molecule has 90 valence electrons. The molecule has 1 aromatic rings. The van der Waals surface area contributed by atoms with Crippen LogP contribution in [0.2, 0.25) is 0 Å².